The van der Waals surface area contributed by atoms with Crippen molar-refractivity contribution in [2.75, 3.05) is 19.4 Å². The van der Waals surface area contributed by atoms with Crippen molar-refractivity contribution in [3.05, 3.63) is 59.2 Å². The largest absolute Gasteiger partial charge is 0.494 e. The van der Waals surface area contributed by atoms with E-state index in [1.807, 2.05) is 30.0 Å². The highest BCUT2D eigenvalue weighted by Gasteiger charge is 2.18. The van der Waals surface area contributed by atoms with Gasteiger partial charge in [-0.3, -0.25) is 4.79 Å². The van der Waals surface area contributed by atoms with Gasteiger partial charge in [-0.25, -0.2) is 0 Å². The normalized spacial score (nSPS) is 10.8. The van der Waals surface area contributed by atoms with E-state index < -0.39 is 0 Å². The summed E-state index contributed by atoms with van der Waals surface area (Å²) in [5.41, 5.74) is 4.16. The van der Waals surface area contributed by atoms with Crippen LogP contribution in [-0.2, 0) is 11.3 Å². The Morgan fingerprint density at radius 2 is 1.87 bits per heavy atom. The molecule has 0 fully saturated rings. The third-order valence-electron chi connectivity index (χ3n) is 4.67. The minimum atomic E-state index is 0.0631. The maximum absolute atomic E-state index is 12.9. The summed E-state index contributed by atoms with van der Waals surface area (Å²) >= 11 is 1.33. The number of amides is 1. The molecule has 7 nitrogen and oxygen atoms in total. The van der Waals surface area contributed by atoms with Crippen molar-refractivity contribution >= 4 is 17.7 Å². The van der Waals surface area contributed by atoms with Crippen molar-refractivity contribution in [1.82, 2.24) is 25.1 Å². The molecular weight excluding hydrogens is 398 g/mol. The van der Waals surface area contributed by atoms with E-state index in [1.54, 1.807) is 11.8 Å². The average molecular weight is 426 g/mol. The highest BCUT2D eigenvalue weighted by molar-refractivity contribution is 7.99. The average Bonchev–Trinajstić information content (AvgIpc) is 3.21. The van der Waals surface area contributed by atoms with Crippen LogP contribution in [0.15, 0.2) is 47.6 Å². The predicted molar refractivity (Wildman–Crippen MR) is 118 cm³/mol. The molecule has 0 saturated carbocycles. The van der Waals surface area contributed by atoms with Crippen molar-refractivity contribution in [3.8, 4) is 11.4 Å². The molecule has 0 saturated heterocycles. The lowest BCUT2D eigenvalue weighted by atomic mass is 10.1. The van der Waals surface area contributed by atoms with E-state index in [1.165, 1.54) is 17.3 Å². The van der Waals surface area contributed by atoms with Gasteiger partial charge in [0.05, 0.1) is 12.9 Å². The van der Waals surface area contributed by atoms with Gasteiger partial charge in [-0.2, -0.15) is 4.68 Å². The van der Waals surface area contributed by atoms with Crippen LogP contribution in [0.4, 0.5) is 0 Å². The van der Waals surface area contributed by atoms with Gasteiger partial charge in [0.25, 0.3) is 0 Å². The third-order valence-corrected chi connectivity index (χ3v) is 5.57. The van der Waals surface area contributed by atoms with E-state index in [4.69, 9.17) is 4.74 Å². The van der Waals surface area contributed by atoms with Crippen molar-refractivity contribution in [2.45, 2.75) is 38.9 Å². The zero-order chi connectivity index (χ0) is 21.5. The summed E-state index contributed by atoms with van der Waals surface area (Å²) in [4.78, 5) is 14.8. The van der Waals surface area contributed by atoms with Crippen molar-refractivity contribution in [2.24, 2.45) is 0 Å². The first-order valence-electron chi connectivity index (χ1n) is 9.91. The number of aryl methyl sites for hydroxylation is 2. The van der Waals surface area contributed by atoms with Gasteiger partial charge in [-0.1, -0.05) is 54.6 Å². The molecule has 0 unspecified atom stereocenters. The molecule has 0 bridgehead atoms. The lowest BCUT2D eigenvalue weighted by Crippen LogP contribution is -2.32. The number of nitrogens with zero attached hydrogens (tertiary/aromatic N) is 5. The molecule has 30 heavy (non-hydrogen) atoms. The Kier molecular flexibility index (Phi) is 7.46. The highest BCUT2D eigenvalue weighted by atomic mass is 32.2. The summed E-state index contributed by atoms with van der Waals surface area (Å²) in [7, 11) is 1.61. The minimum Gasteiger partial charge on any atom is -0.494 e. The Bertz CT molecular complexity index is 987. The zero-order valence-electron chi connectivity index (χ0n) is 17.8. The predicted octanol–water partition coefficient (Wildman–Crippen LogP) is 3.82. The summed E-state index contributed by atoms with van der Waals surface area (Å²) in [5, 5.41) is 12.6. The van der Waals surface area contributed by atoms with E-state index in [-0.39, 0.29) is 11.7 Å². The van der Waals surface area contributed by atoms with E-state index >= 15 is 0 Å². The number of benzene rings is 2. The van der Waals surface area contributed by atoms with Crippen molar-refractivity contribution in [3.63, 3.8) is 0 Å². The Morgan fingerprint density at radius 1 is 1.13 bits per heavy atom. The Morgan fingerprint density at radius 3 is 2.57 bits per heavy atom. The van der Waals surface area contributed by atoms with Crippen LogP contribution in [0.1, 0.15) is 30.0 Å². The third kappa shape index (κ3) is 5.38. The summed E-state index contributed by atoms with van der Waals surface area (Å²) < 4.78 is 7.07. The molecule has 0 radical (unpaired) electrons. The van der Waals surface area contributed by atoms with Crippen LogP contribution >= 0.6 is 11.8 Å². The first-order valence-corrected chi connectivity index (χ1v) is 10.9. The van der Waals surface area contributed by atoms with Crippen molar-refractivity contribution in [1.29, 1.82) is 0 Å². The SMILES string of the molecule is CCCN(Cc1ccc(C)cc1)C(=O)CSc1nnnn1-c1cc(C)ccc1OC. The molecule has 0 atom stereocenters. The number of ether oxygens (including phenoxy) is 1. The van der Waals surface area contributed by atoms with Gasteiger partial charge in [0, 0.05) is 13.1 Å². The molecule has 3 rings (SSSR count). The maximum Gasteiger partial charge on any atom is 0.233 e. The molecule has 1 heterocycles. The monoisotopic (exact) mass is 425 g/mol. The molecular formula is C22H27N5O2S. The van der Waals surface area contributed by atoms with E-state index in [9.17, 15) is 4.79 Å². The van der Waals surface area contributed by atoms with E-state index in [2.05, 4.69) is 53.6 Å². The molecule has 0 aliphatic carbocycles. The van der Waals surface area contributed by atoms with Crippen molar-refractivity contribution < 1.29 is 9.53 Å². The first-order chi connectivity index (χ1) is 14.5. The number of hydrogen-bond acceptors (Lipinski definition) is 6. The summed E-state index contributed by atoms with van der Waals surface area (Å²) in [6.45, 7) is 7.45. The number of thioether (sulfide) groups is 1. The molecule has 0 aliphatic heterocycles. The fraction of sp³-hybridized carbons (Fsp3) is 0.364. The van der Waals surface area contributed by atoms with Crippen LogP contribution in [0.2, 0.25) is 0 Å². The van der Waals surface area contributed by atoms with E-state index in [0.717, 1.165) is 23.2 Å². The van der Waals surface area contributed by atoms with Crippen LogP contribution in [0, 0.1) is 13.8 Å². The van der Waals surface area contributed by atoms with Crippen LogP contribution in [0.3, 0.4) is 0 Å². The van der Waals surface area contributed by atoms with Gasteiger partial charge < -0.3 is 9.64 Å². The van der Waals surface area contributed by atoms with Crippen LogP contribution in [-0.4, -0.2) is 50.4 Å². The number of carbonyl (C=O) groups is 1. The Labute approximate surface area is 181 Å². The highest BCUT2D eigenvalue weighted by Crippen LogP contribution is 2.27. The Balaban J connectivity index is 1.72. The van der Waals surface area contributed by atoms with Gasteiger partial charge >= 0.3 is 0 Å². The minimum absolute atomic E-state index is 0.0631. The van der Waals surface area contributed by atoms with Crippen LogP contribution in [0.25, 0.3) is 5.69 Å². The van der Waals surface area contributed by atoms with Gasteiger partial charge in [0.2, 0.25) is 11.1 Å². The fourth-order valence-electron chi connectivity index (χ4n) is 3.08. The lowest BCUT2D eigenvalue weighted by Gasteiger charge is -2.22. The van der Waals surface area contributed by atoms with Gasteiger partial charge in [-0.05, 0) is 54.0 Å². The fourth-order valence-corrected chi connectivity index (χ4v) is 3.87. The number of aromatic nitrogens is 4. The molecule has 0 aliphatic rings. The second-order valence-electron chi connectivity index (χ2n) is 7.14. The molecule has 0 spiro atoms. The van der Waals surface area contributed by atoms with E-state index in [0.29, 0.717) is 24.0 Å². The Hall–Kier alpha value is -2.87. The summed E-state index contributed by atoms with van der Waals surface area (Å²) in [5.74, 6) is 1.00. The van der Waals surface area contributed by atoms with Gasteiger partial charge in [-0.15, -0.1) is 5.10 Å². The number of tetrazole rings is 1. The molecule has 8 heteroatoms. The molecule has 1 amide bonds. The van der Waals surface area contributed by atoms with Gasteiger partial charge in [0.1, 0.15) is 11.4 Å². The smallest absolute Gasteiger partial charge is 0.233 e. The molecule has 0 N–H and O–H groups in total. The standard InChI is InChI=1S/C22H27N5O2S/c1-5-12-26(14-18-9-6-16(2)7-10-18)21(28)15-30-22-23-24-25-27(22)19-13-17(3)8-11-20(19)29-4/h6-11,13H,5,12,14-15H2,1-4H3. The summed E-state index contributed by atoms with van der Waals surface area (Å²) in [6.07, 6.45) is 0.903. The lowest BCUT2D eigenvalue weighted by molar-refractivity contribution is -0.129. The summed E-state index contributed by atoms with van der Waals surface area (Å²) in [6, 6.07) is 14.1. The quantitative estimate of drug-likeness (QED) is 0.485. The van der Waals surface area contributed by atoms with Crippen LogP contribution < -0.4 is 4.74 Å². The maximum atomic E-state index is 12.9. The topological polar surface area (TPSA) is 73.1 Å². The molecule has 158 valence electrons. The number of hydrogen-bond donors (Lipinski definition) is 0. The van der Waals surface area contributed by atoms with Crippen LogP contribution in [0.5, 0.6) is 5.75 Å². The molecule has 1 aromatic heterocycles. The van der Waals surface area contributed by atoms with Gasteiger partial charge in [0.15, 0.2) is 0 Å². The second kappa shape index (κ2) is 10.2. The number of methoxy groups -OCH3 is 1. The second-order valence-corrected chi connectivity index (χ2v) is 8.08. The zero-order valence-corrected chi connectivity index (χ0v) is 18.6. The molecule has 3 aromatic rings. The first kappa shape index (κ1) is 21.8. The number of rotatable bonds is 9. The molecule has 2 aromatic carbocycles. The number of carbonyl (C=O) groups excluding carboxylic acids is 1.